The van der Waals surface area contributed by atoms with Gasteiger partial charge in [-0.05, 0) is 32.5 Å². The molecule has 1 saturated heterocycles. The fraction of sp³-hybridized carbons (Fsp3) is 0.529. The zero-order chi connectivity index (χ0) is 16.1. The average molecular weight is 303 g/mol. The van der Waals surface area contributed by atoms with Crippen LogP contribution in [0.3, 0.4) is 0 Å². The van der Waals surface area contributed by atoms with Gasteiger partial charge in [-0.25, -0.2) is 0 Å². The summed E-state index contributed by atoms with van der Waals surface area (Å²) in [4.78, 5) is 28.2. The topological polar surface area (TPSA) is 52.6 Å². The maximum Gasteiger partial charge on any atom is 0.244 e. The molecule has 1 aliphatic heterocycles. The van der Waals surface area contributed by atoms with Crippen molar-refractivity contribution in [3.05, 3.63) is 29.8 Å². The van der Waals surface area contributed by atoms with E-state index in [1.54, 1.807) is 19.1 Å². The van der Waals surface area contributed by atoms with Crippen molar-refractivity contribution in [3.8, 4) is 0 Å². The van der Waals surface area contributed by atoms with E-state index in [1.807, 2.05) is 24.0 Å². The van der Waals surface area contributed by atoms with E-state index < -0.39 is 0 Å². The summed E-state index contributed by atoms with van der Waals surface area (Å²) in [5.41, 5.74) is 1.46. The van der Waals surface area contributed by atoms with Crippen LogP contribution in [0.15, 0.2) is 24.3 Å². The summed E-state index contributed by atoms with van der Waals surface area (Å²) in [5.74, 6) is 0.141. The Morgan fingerprint density at radius 1 is 1.23 bits per heavy atom. The maximum atomic E-state index is 12.5. The van der Waals surface area contributed by atoms with Gasteiger partial charge in [0.05, 0.1) is 0 Å². The quantitative estimate of drug-likeness (QED) is 0.844. The van der Waals surface area contributed by atoms with Gasteiger partial charge in [0.15, 0.2) is 5.78 Å². The third-order valence-corrected chi connectivity index (χ3v) is 4.15. The van der Waals surface area contributed by atoms with E-state index in [2.05, 4.69) is 17.1 Å². The highest BCUT2D eigenvalue weighted by Crippen LogP contribution is 2.14. The Morgan fingerprint density at radius 2 is 1.91 bits per heavy atom. The minimum Gasteiger partial charge on any atom is -0.374 e. The van der Waals surface area contributed by atoms with Crippen LogP contribution in [0.4, 0.5) is 5.69 Å². The van der Waals surface area contributed by atoms with Crippen molar-refractivity contribution >= 4 is 17.4 Å². The number of nitrogens with zero attached hydrogens (tertiary/aromatic N) is 2. The number of nitrogens with one attached hydrogen (secondary N) is 1. The zero-order valence-electron chi connectivity index (χ0n) is 13.6. The normalized spacial score (nSPS) is 17.1. The smallest absolute Gasteiger partial charge is 0.244 e. The number of ketones is 1. The van der Waals surface area contributed by atoms with Crippen molar-refractivity contribution in [2.24, 2.45) is 0 Å². The number of anilines is 1. The van der Waals surface area contributed by atoms with E-state index in [0.717, 1.165) is 38.4 Å². The van der Waals surface area contributed by atoms with Crippen LogP contribution in [-0.2, 0) is 4.79 Å². The van der Waals surface area contributed by atoms with Gasteiger partial charge in [-0.3, -0.25) is 9.59 Å². The van der Waals surface area contributed by atoms with Gasteiger partial charge in [-0.15, -0.1) is 0 Å². The monoisotopic (exact) mass is 303 g/mol. The first kappa shape index (κ1) is 16.5. The van der Waals surface area contributed by atoms with Gasteiger partial charge in [0.1, 0.15) is 6.04 Å². The third kappa shape index (κ3) is 4.07. The summed E-state index contributed by atoms with van der Waals surface area (Å²) in [7, 11) is 0. The lowest BCUT2D eigenvalue weighted by Gasteiger charge is -2.35. The van der Waals surface area contributed by atoms with E-state index in [1.165, 1.54) is 0 Å². The molecule has 0 aliphatic carbocycles. The number of Topliss-reactive ketones (excluding diaryl/α,β-unsaturated/α-hetero) is 1. The van der Waals surface area contributed by atoms with Crippen LogP contribution in [0.2, 0.25) is 0 Å². The molecule has 1 fully saturated rings. The second-order valence-corrected chi connectivity index (χ2v) is 5.76. The van der Waals surface area contributed by atoms with Gasteiger partial charge < -0.3 is 15.1 Å². The van der Waals surface area contributed by atoms with Crippen LogP contribution >= 0.6 is 0 Å². The van der Waals surface area contributed by atoms with E-state index in [9.17, 15) is 9.59 Å². The number of hydrogen-bond donors (Lipinski definition) is 1. The Morgan fingerprint density at radius 3 is 2.50 bits per heavy atom. The minimum absolute atomic E-state index is 0.0262. The van der Waals surface area contributed by atoms with E-state index >= 15 is 0 Å². The van der Waals surface area contributed by atoms with Gasteiger partial charge >= 0.3 is 0 Å². The number of amides is 1. The van der Waals surface area contributed by atoms with Crippen LogP contribution in [0.25, 0.3) is 0 Å². The van der Waals surface area contributed by atoms with Crippen molar-refractivity contribution in [1.29, 1.82) is 0 Å². The Balaban J connectivity index is 1.94. The average Bonchev–Trinajstić information content (AvgIpc) is 2.54. The third-order valence-electron chi connectivity index (χ3n) is 4.15. The van der Waals surface area contributed by atoms with Crippen molar-refractivity contribution in [3.63, 3.8) is 0 Å². The number of carbonyl (C=O) groups is 2. The second-order valence-electron chi connectivity index (χ2n) is 5.76. The summed E-state index contributed by atoms with van der Waals surface area (Å²) in [6, 6.07) is 6.99. The molecule has 5 nitrogen and oxygen atoms in total. The SMILES string of the molecule is CCN1CCN(C(=O)[C@H](C)Nc2cccc(C(C)=O)c2)CC1. The molecule has 0 bridgehead atoms. The molecule has 0 spiro atoms. The number of benzene rings is 1. The largest absolute Gasteiger partial charge is 0.374 e. The van der Waals surface area contributed by atoms with Gasteiger partial charge in [-0.2, -0.15) is 0 Å². The molecule has 2 rings (SSSR count). The number of hydrogen-bond acceptors (Lipinski definition) is 4. The molecular formula is C17H25N3O2. The Kier molecular flexibility index (Phi) is 5.55. The summed E-state index contributed by atoms with van der Waals surface area (Å²) in [6.07, 6.45) is 0. The molecular weight excluding hydrogens is 278 g/mol. The van der Waals surface area contributed by atoms with Gasteiger partial charge in [-0.1, -0.05) is 19.1 Å². The minimum atomic E-state index is -0.296. The highest BCUT2D eigenvalue weighted by molar-refractivity contribution is 5.95. The Bertz CT molecular complexity index is 536. The van der Waals surface area contributed by atoms with Gasteiger partial charge in [0, 0.05) is 37.4 Å². The predicted octanol–water partition coefficient (Wildman–Crippen LogP) is 1.85. The molecule has 5 heteroatoms. The number of rotatable bonds is 5. The standard InChI is InChI=1S/C17H25N3O2/c1-4-19-8-10-20(11-9-19)17(22)13(2)18-16-7-5-6-15(12-16)14(3)21/h5-7,12-13,18H,4,8-11H2,1-3H3/t13-/m0/s1. The number of likely N-dealkylation sites (N-methyl/N-ethyl adjacent to an activating group) is 1. The van der Waals surface area contributed by atoms with Crippen LogP contribution < -0.4 is 5.32 Å². The predicted molar refractivity (Wildman–Crippen MR) is 88.2 cm³/mol. The van der Waals surface area contributed by atoms with Crippen molar-refractivity contribution in [2.45, 2.75) is 26.8 Å². The van der Waals surface area contributed by atoms with E-state index in [0.29, 0.717) is 5.56 Å². The molecule has 1 N–H and O–H groups in total. The van der Waals surface area contributed by atoms with Crippen LogP contribution in [-0.4, -0.2) is 60.3 Å². The first-order valence-corrected chi connectivity index (χ1v) is 7.90. The number of piperazine rings is 1. The molecule has 0 unspecified atom stereocenters. The molecule has 0 aromatic heterocycles. The van der Waals surface area contributed by atoms with Gasteiger partial charge in [0.2, 0.25) is 5.91 Å². The molecule has 1 heterocycles. The van der Waals surface area contributed by atoms with Crippen molar-refractivity contribution in [1.82, 2.24) is 9.80 Å². The molecule has 22 heavy (non-hydrogen) atoms. The van der Waals surface area contributed by atoms with E-state index in [4.69, 9.17) is 0 Å². The van der Waals surface area contributed by atoms with Crippen LogP contribution in [0.5, 0.6) is 0 Å². The zero-order valence-corrected chi connectivity index (χ0v) is 13.6. The molecule has 1 aliphatic rings. The summed E-state index contributed by atoms with van der Waals surface area (Å²) >= 11 is 0. The van der Waals surface area contributed by atoms with Crippen molar-refractivity contribution < 1.29 is 9.59 Å². The molecule has 0 saturated carbocycles. The lowest BCUT2D eigenvalue weighted by molar-refractivity contribution is -0.133. The first-order valence-electron chi connectivity index (χ1n) is 7.90. The summed E-state index contributed by atoms with van der Waals surface area (Å²) < 4.78 is 0. The lowest BCUT2D eigenvalue weighted by atomic mass is 10.1. The first-order chi connectivity index (χ1) is 10.5. The number of carbonyl (C=O) groups excluding carboxylic acids is 2. The molecule has 1 amide bonds. The fourth-order valence-corrected chi connectivity index (χ4v) is 2.70. The molecule has 120 valence electrons. The van der Waals surface area contributed by atoms with Gasteiger partial charge in [0.25, 0.3) is 0 Å². The fourth-order valence-electron chi connectivity index (χ4n) is 2.70. The summed E-state index contributed by atoms with van der Waals surface area (Å²) in [6.45, 7) is 10.0. The summed E-state index contributed by atoms with van der Waals surface area (Å²) in [5, 5.41) is 3.20. The molecule has 1 atom stereocenters. The van der Waals surface area contributed by atoms with Crippen LogP contribution in [0.1, 0.15) is 31.1 Å². The molecule has 1 aromatic rings. The van der Waals surface area contributed by atoms with E-state index in [-0.39, 0.29) is 17.7 Å². The highest BCUT2D eigenvalue weighted by Gasteiger charge is 2.24. The Labute approximate surface area is 132 Å². The molecule has 0 radical (unpaired) electrons. The Hall–Kier alpha value is -1.88. The maximum absolute atomic E-state index is 12.5. The highest BCUT2D eigenvalue weighted by atomic mass is 16.2. The van der Waals surface area contributed by atoms with Crippen LogP contribution in [0, 0.1) is 0 Å². The molecule has 1 aromatic carbocycles. The van der Waals surface area contributed by atoms with Crippen molar-refractivity contribution in [2.75, 3.05) is 38.0 Å². The second kappa shape index (κ2) is 7.40. The lowest BCUT2D eigenvalue weighted by Crippen LogP contribution is -2.52.